The van der Waals surface area contributed by atoms with E-state index in [0.717, 1.165) is 43.0 Å². The summed E-state index contributed by atoms with van der Waals surface area (Å²) in [6.45, 7) is 6.57. The Bertz CT molecular complexity index is 713. The Labute approximate surface area is 148 Å². The van der Waals surface area contributed by atoms with Crippen LogP contribution in [0.1, 0.15) is 53.1 Å². The molecular weight excluding hydrogens is 316 g/mol. The Morgan fingerprint density at radius 3 is 2.80 bits per heavy atom. The fraction of sp³-hybridized carbons (Fsp3) is 0.474. The van der Waals surface area contributed by atoms with E-state index in [0.29, 0.717) is 24.7 Å². The zero-order valence-corrected chi connectivity index (χ0v) is 14.8. The lowest BCUT2D eigenvalue weighted by Crippen LogP contribution is -2.38. The minimum absolute atomic E-state index is 0.0555. The highest BCUT2D eigenvalue weighted by Crippen LogP contribution is 2.29. The molecule has 0 N–H and O–H groups in total. The standard InChI is InChI=1S/C19H24N4O2/c1-3-25-13-17-12-21-14(2)22-18(17)15-6-9-23(10-7-15)19(24)16-5-4-8-20-11-16/h4-5,8,11-12,15H,3,6-7,9-10,13H2,1-2H3. The van der Waals surface area contributed by atoms with Crippen LogP contribution in [0.4, 0.5) is 0 Å². The predicted octanol–water partition coefficient (Wildman–Crippen LogP) is 2.74. The third-order valence-electron chi connectivity index (χ3n) is 4.56. The number of pyridine rings is 1. The first-order valence-electron chi connectivity index (χ1n) is 8.78. The van der Waals surface area contributed by atoms with E-state index in [1.54, 1.807) is 18.5 Å². The van der Waals surface area contributed by atoms with Crippen molar-refractivity contribution in [2.24, 2.45) is 0 Å². The summed E-state index contributed by atoms with van der Waals surface area (Å²) in [5, 5.41) is 0. The number of piperidine rings is 1. The predicted molar refractivity (Wildman–Crippen MR) is 94.2 cm³/mol. The molecule has 132 valence electrons. The first-order valence-corrected chi connectivity index (χ1v) is 8.78. The average Bonchev–Trinajstić information content (AvgIpc) is 2.67. The molecule has 1 amide bonds. The first kappa shape index (κ1) is 17.5. The van der Waals surface area contributed by atoms with Crippen LogP contribution in [-0.4, -0.2) is 45.5 Å². The van der Waals surface area contributed by atoms with Crippen LogP contribution in [0.15, 0.2) is 30.7 Å². The van der Waals surface area contributed by atoms with Gasteiger partial charge in [-0.1, -0.05) is 0 Å². The van der Waals surface area contributed by atoms with Crippen molar-refractivity contribution in [2.45, 2.75) is 39.2 Å². The molecule has 3 heterocycles. The van der Waals surface area contributed by atoms with Crippen molar-refractivity contribution in [2.75, 3.05) is 19.7 Å². The largest absolute Gasteiger partial charge is 0.377 e. The number of nitrogens with zero attached hydrogens (tertiary/aromatic N) is 4. The Hall–Kier alpha value is -2.34. The topological polar surface area (TPSA) is 68.2 Å². The zero-order valence-electron chi connectivity index (χ0n) is 14.8. The molecule has 0 unspecified atom stereocenters. The number of amides is 1. The molecule has 0 aliphatic carbocycles. The van der Waals surface area contributed by atoms with Crippen LogP contribution in [-0.2, 0) is 11.3 Å². The smallest absolute Gasteiger partial charge is 0.255 e. The Morgan fingerprint density at radius 2 is 2.12 bits per heavy atom. The molecule has 6 heteroatoms. The Morgan fingerprint density at radius 1 is 1.32 bits per heavy atom. The number of hydrogen-bond acceptors (Lipinski definition) is 5. The van der Waals surface area contributed by atoms with Gasteiger partial charge in [0.25, 0.3) is 5.91 Å². The highest BCUT2D eigenvalue weighted by atomic mass is 16.5. The van der Waals surface area contributed by atoms with Crippen molar-refractivity contribution in [3.8, 4) is 0 Å². The summed E-state index contributed by atoms with van der Waals surface area (Å²) in [4.78, 5) is 27.5. The number of aryl methyl sites for hydroxylation is 1. The number of likely N-dealkylation sites (tertiary alicyclic amines) is 1. The van der Waals surface area contributed by atoms with Crippen LogP contribution in [0.5, 0.6) is 0 Å². The van der Waals surface area contributed by atoms with Gasteiger partial charge in [0.15, 0.2) is 0 Å². The van der Waals surface area contributed by atoms with Crippen LogP contribution in [0, 0.1) is 6.92 Å². The lowest BCUT2D eigenvalue weighted by atomic mass is 9.90. The fourth-order valence-corrected chi connectivity index (χ4v) is 3.22. The van der Waals surface area contributed by atoms with E-state index in [1.165, 1.54) is 0 Å². The van der Waals surface area contributed by atoms with E-state index in [4.69, 9.17) is 4.74 Å². The van der Waals surface area contributed by atoms with Gasteiger partial charge in [0, 0.05) is 49.8 Å². The van der Waals surface area contributed by atoms with Crippen molar-refractivity contribution in [1.82, 2.24) is 19.9 Å². The van der Waals surface area contributed by atoms with E-state index < -0.39 is 0 Å². The maximum Gasteiger partial charge on any atom is 0.255 e. The number of ether oxygens (including phenoxy) is 1. The van der Waals surface area contributed by atoms with E-state index in [1.807, 2.05) is 31.0 Å². The maximum absolute atomic E-state index is 12.5. The van der Waals surface area contributed by atoms with Gasteiger partial charge >= 0.3 is 0 Å². The lowest BCUT2D eigenvalue weighted by molar-refractivity contribution is 0.0710. The minimum atomic E-state index is 0.0555. The SMILES string of the molecule is CCOCc1cnc(C)nc1C1CCN(C(=O)c2cccnc2)CC1. The lowest BCUT2D eigenvalue weighted by Gasteiger charge is -2.32. The number of hydrogen-bond donors (Lipinski definition) is 0. The van der Waals surface area contributed by atoms with Crippen molar-refractivity contribution >= 4 is 5.91 Å². The van der Waals surface area contributed by atoms with Gasteiger partial charge in [-0.05, 0) is 38.8 Å². The molecule has 6 nitrogen and oxygen atoms in total. The summed E-state index contributed by atoms with van der Waals surface area (Å²) < 4.78 is 5.56. The van der Waals surface area contributed by atoms with Crippen molar-refractivity contribution in [3.63, 3.8) is 0 Å². The normalized spacial score (nSPS) is 15.4. The van der Waals surface area contributed by atoms with Gasteiger partial charge in [-0.2, -0.15) is 0 Å². The van der Waals surface area contributed by atoms with Crippen molar-refractivity contribution in [1.29, 1.82) is 0 Å². The zero-order chi connectivity index (χ0) is 17.6. The number of carbonyl (C=O) groups excluding carboxylic acids is 1. The summed E-state index contributed by atoms with van der Waals surface area (Å²) in [7, 11) is 0. The van der Waals surface area contributed by atoms with E-state index in [-0.39, 0.29) is 5.91 Å². The molecule has 0 radical (unpaired) electrons. The molecule has 2 aromatic rings. The molecule has 1 fully saturated rings. The second kappa shape index (κ2) is 8.16. The van der Waals surface area contributed by atoms with Crippen LogP contribution in [0.2, 0.25) is 0 Å². The number of carbonyl (C=O) groups is 1. The third kappa shape index (κ3) is 4.20. The highest BCUT2D eigenvalue weighted by Gasteiger charge is 2.27. The molecule has 0 spiro atoms. The molecule has 0 saturated carbocycles. The third-order valence-corrected chi connectivity index (χ3v) is 4.56. The molecule has 0 atom stereocenters. The summed E-state index contributed by atoms with van der Waals surface area (Å²) in [6.07, 6.45) is 6.99. The van der Waals surface area contributed by atoms with Gasteiger partial charge in [0.2, 0.25) is 0 Å². The summed E-state index contributed by atoms with van der Waals surface area (Å²) >= 11 is 0. The molecule has 2 aromatic heterocycles. The summed E-state index contributed by atoms with van der Waals surface area (Å²) in [5.41, 5.74) is 2.79. The van der Waals surface area contributed by atoms with Crippen LogP contribution in [0.3, 0.4) is 0 Å². The van der Waals surface area contributed by atoms with Crippen LogP contribution >= 0.6 is 0 Å². The second-order valence-corrected chi connectivity index (χ2v) is 6.27. The second-order valence-electron chi connectivity index (χ2n) is 6.27. The molecule has 1 saturated heterocycles. The van der Waals surface area contributed by atoms with Crippen molar-refractivity contribution in [3.05, 3.63) is 53.4 Å². The maximum atomic E-state index is 12.5. The Balaban J connectivity index is 1.68. The van der Waals surface area contributed by atoms with Gasteiger partial charge in [0.1, 0.15) is 5.82 Å². The number of rotatable bonds is 5. The molecular formula is C19H24N4O2. The summed E-state index contributed by atoms with van der Waals surface area (Å²) in [6, 6.07) is 3.61. The van der Waals surface area contributed by atoms with Gasteiger partial charge in [-0.25, -0.2) is 9.97 Å². The minimum Gasteiger partial charge on any atom is -0.377 e. The molecule has 25 heavy (non-hydrogen) atoms. The van der Waals surface area contributed by atoms with Gasteiger partial charge in [0.05, 0.1) is 17.9 Å². The van der Waals surface area contributed by atoms with Gasteiger partial charge in [-0.3, -0.25) is 9.78 Å². The van der Waals surface area contributed by atoms with E-state index in [9.17, 15) is 4.79 Å². The molecule has 1 aliphatic heterocycles. The van der Waals surface area contributed by atoms with Crippen LogP contribution in [0.25, 0.3) is 0 Å². The Kier molecular flexibility index (Phi) is 5.71. The van der Waals surface area contributed by atoms with E-state index >= 15 is 0 Å². The number of aromatic nitrogens is 3. The quantitative estimate of drug-likeness (QED) is 0.837. The average molecular weight is 340 g/mol. The molecule has 0 aromatic carbocycles. The highest BCUT2D eigenvalue weighted by molar-refractivity contribution is 5.93. The van der Waals surface area contributed by atoms with Crippen molar-refractivity contribution < 1.29 is 9.53 Å². The fourth-order valence-electron chi connectivity index (χ4n) is 3.22. The summed E-state index contributed by atoms with van der Waals surface area (Å²) in [5.74, 6) is 1.18. The molecule has 3 rings (SSSR count). The monoisotopic (exact) mass is 340 g/mol. The molecule has 1 aliphatic rings. The van der Waals surface area contributed by atoms with Crippen LogP contribution < -0.4 is 0 Å². The molecule has 0 bridgehead atoms. The first-order chi connectivity index (χ1) is 12.2. The van der Waals surface area contributed by atoms with E-state index in [2.05, 4.69) is 15.0 Å². The van der Waals surface area contributed by atoms with Gasteiger partial charge in [-0.15, -0.1) is 0 Å². The van der Waals surface area contributed by atoms with Gasteiger partial charge < -0.3 is 9.64 Å².